The molecule has 0 saturated carbocycles. The SMILES string of the molecule is COCCNC(=O)C(C)n1cnc(C#N)n1. The van der Waals surface area contributed by atoms with Gasteiger partial charge in [-0.3, -0.25) is 4.79 Å². The predicted molar refractivity (Wildman–Crippen MR) is 54.3 cm³/mol. The molecule has 0 radical (unpaired) electrons. The van der Waals surface area contributed by atoms with Gasteiger partial charge in [0.05, 0.1) is 6.61 Å². The Morgan fingerprint density at radius 3 is 3.12 bits per heavy atom. The van der Waals surface area contributed by atoms with Crippen molar-refractivity contribution in [3.63, 3.8) is 0 Å². The number of nitrogens with one attached hydrogen (secondary N) is 1. The molecule has 1 heterocycles. The number of ether oxygens (including phenoxy) is 1. The molecule has 1 aromatic heterocycles. The highest BCUT2D eigenvalue weighted by atomic mass is 16.5. The maximum absolute atomic E-state index is 11.6. The van der Waals surface area contributed by atoms with Crippen molar-refractivity contribution in [2.24, 2.45) is 0 Å². The van der Waals surface area contributed by atoms with Crippen molar-refractivity contribution >= 4 is 5.91 Å². The molecule has 7 nitrogen and oxygen atoms in total. The molecule has 1 unspecified atom stereocenters. The van der Waals surface area contributed by atoms with Crippen LogP contribution in [0.4, 0.5) is 0 Å². The van der Waals surface area contributed by atoms with Gasteiger partial charge in [-0.25, -0.2) is 9.67 Å². The summed E-state index contributed by atoms with van der Waals surface area (Å²) in [6.07, 6.45) is 1.36. The highest BCUT2D eigenvalue weighted by Crippen LogP contribution is 2.02. The highest BCUT2D eigenvalue weighted by Gasteiger charge is 2.15. The van der Waals surface area contributed by atoms with Crippen LogP contribution in [0.5, 0.6) is 0 Å². The smallest absolute Gasteiger partial charge is 0.252 e. The second-order valence-corrected chi connectivity index (χ2v) is 3.12. The van der Waals surface area contributed by atoms with Crippen LogP contribution in [0, 0.1) is 11.3 Å². The van der Waals surface area contributed by atoms with Gasteiger partial charge in [-0.1, -0.05) is 0 Å². The number of nitriles is 1. The minimum atomic E-state index is -0.494. The average Bonchev–Trinajstić information content (AvgIpc) is 2.76. The van der Waals surface area contributed by atoms with Crippen LogP contribution in [0.2, 0.25) is 0 Å². The zero-order chi connectivity index (χ0) is 12.0. The Hall–Kier alpha value is -1.94. The molecule has 0 aliphatic rings. The fourth-order valence-corrected chi connectivity index (χ4v) is 1.06. The molecule has 0 aliphatic heterocycles. The summed E-state index contributed by atoms with van der Waals surface area (Å²) in [4.78, 5) is 15.3. The normalized spacial score (nSPS) is 11.8. The van der Waals surface area contributed by atoms with Gasteiger partial charge in [-0.2, -0.15) is 5.26 Å². The Morgan fingerprint density at radius 1 is 1.81 bits per heavy atom. The summed E-state index contributed by atoms with van der Waals surface area (Å²) in [5.74, 6) is -0.136. The molecule has 1 rings (SSSR count). The second kappa shape index (κ2) is 5.82. The third-order valence-corrected chi connectivity index (χ3v) is 1.99. The van der Waals surface area contributed by atoms with Gasteiger partial charge in [0.2, 0.25) is 5.91 Å². The van der Waals surface area contributed by atoms with E-state index in [1.165, 1.54) is 11.0 Å². The first-order valence-electron chi connectivity index (χ1n) is 4.77. The number of methoxy groups -OCH3 is 1. The minimum Gasteiger partial charge on any atom is -0.383 e. The van der Waals surface area contributed by atoms with E-state index in [9.17, 15) is 4.79 Å². The standard InChI is InChI=1S/C9H13N5O2/c1-7(9(15)11-3-4-16-2)14-6-12-8(5-10)13-14/h6-7H,3-4H2,1-2H3,(H,11,15). The molecule has 1 N–H and O–H groups in total. The van der Waals surface area contributed by atoms with Crippen molar-refractivity contribution in [2.45, 2.75) is 13.0 Å². The van der Waals surface area contributed by atoms with E-state index in [0.717, 1.165) is 0 Å². The first kappa shape index (κ1) is 12.1. The van der Waals surface area contributed by atoms with Crippen molar-refractivity contribution in [1.29, 1.82) is 5.26 Å². The van der Waals surface area contributed by atoms with Gasteiger partial charge in [0.1, 0.15) is 18.4 Å². The number of hydrogen-bond acceptors (Lipinski definition) is 5. The molecule has 0 spiro atoms. The van der Waals surface area contributed by atoms with E-state index in [0.29, 0.717) is 13.2 Å². The van der Waals surface area contributed by atoms with Crippen molar-refractivity contribution in [2.75, 3.05) is 20.3 Å². The van der Waals surface area contributed by atoms with E-state index in [1.54, 1.807) is 20.1 Å². The Labute approximate surface area is 93.0 Å². The van der Waals surface area contributed by atoms with Gasteiger partial charge < -0.3 is 10.1 Å². The topological polar surface area (TPSA) is 92.8 Å². The van der Waals surface area contributed by atoms with E-state index in [-0.39, 0.29) is 11.7 Å². The van der Waals surface area contributed by atoms with Gasteiger partial charge in [0.15, 0.2) is 0 Å². The van der Waals surface area contributed by atoms with E-state index < -0.39 is 6.04 Å². The summed E-state index contributed by atoms with van der Waals surface area (Å²) >= 11 is 0. The molecular weight excluding hydrogens is 210 g/mol. The molecule has 0 bridgehead atoms. The Bertz CT molecular complexity index is 395. The van der Waals surface area contributed by atoms with Crippen LogP contribution in [0.3, 0.4) is 0 Å². The van der Waals surface area contributed by atoms with Crippen LogP contribution in [0.25, 0.3) is 0 Å². The van der Waals surface area contributed by atoms with E-state index in [4.69, 9.17) is 10.00 Å². The third-order valence-electron chi connectivity index (χ3n) is 1.99. The Balaban J connectivity index is 2.53. The highest BCUT2D eigenvalue weighted by molar-refractivity contribution is 5.79. The molecular formula is C9H13N5O2. The lowest BCUT2D eigenvalue weighted by molar-refractivity contribution is -0.124. The fourth-order valence-electron chi connectivity index (χ4n) is 1.06. The Morgan fingerprint density at radius 2 is 2.56 bits per heavy atom. The van der Waals surface area contributed by atoms with Gasteiger partial charge in [0, 0.05) is 13.7 Å². The van der Waals surface area contributed by atoms with Gasteiger partial charge in [0.25, 0.3) is 5.82 Å². The van der Waals surface area contributed by atoms with Gasteiger partial charge in [-0.05, 0) is 6.92 Å². The molecule has 0 aromatic carbocycles. The molecule has 0 fully saturated rings. The van der Waals surface area contributed by atoms with Gasteiger partial charge in [-0.15, -0.1) is 5.10 Å². The molecule has 1 atom stereocenters. The average molecular weight is 223 g/mol. The van der Waals surface area contributed by atoms with Crippen molar-refractivity contribution in [3.05, 3.63) is 12.2 Å². The number of hydrogen-bond donors (Lipinski definition) is 1. The maximum Gasteiger partial charge on any atom is 0.252 e. The summed E-state index contributed by atoms with van der Waals surface area (Å²) < 4.78 is 6.15. The molecule has 1 amide bonds. The number of amides is 1. The lowest BCUT2D eigenvalue weighted by Crippen LogP contribution is -2.33. The second-order valence-electron chi connectivity index (χ2n) is 3.12. The molecule has 16 heavy (non-hydrogen) atoms. The molecule has 86 valence electrons. The number of carbonyl (C=O) groups is 1. The van der Waals surface area contributed by atoms with Crippen molar-refractivity contribution < 1.29 is 9.53 Å². The zero-order valence-electron chi connectivity index (χ0n) is 9.17. The summed E-state index contributed by atoms with van der Waals surface area (Å²) in [6.45, 7) is 2.58. The molecule has 0 saturated heterocycles. The van der Waals surface area contributed by atoms with Crippen LogP contribution >= 0.6 is 0 Å². The largest absolute Gasteiger partial charge is 0.383 e. The molecule has 0 aliphatic carbocycles. The summed E-state index contributed by atoms with van der Waals surface area (Å²) in [6, 6.07) is 1.30. The Kier molecular flexibility index (Phi) is 4.42. The van der Waals surface area contributed by atoms with Crippen LogP contribution in [0.15, 0.2) is 6.33 Å². The molecule has 7 heteroatoms. The number of aromatic nitrogens is 3. The van der Waals surface area contributed by atoms with Crippen LogP contribution in [-0.2, 0) is 9.53 Å². The number of rotatable bonds is 5. The number of nitrogens with zero attached hydrogens (tertiary/aromatic N) is 4. The van der Waals surface area contributed by atoms with E-state index >= 15 is 0 Å². The van der Waals surface area contributed by atoms with Crippen molar-refractivity contribution in [3.8, 4) is 6.07 Å². The first-order valence-corrected chi connectivity index (χ1v) is 4.77. The lowest BCUT2D eigenvalue weighted by atomic mass is 10.3. The van der Waals surface area contributed by atoms with Gasteiger partial charge >= 0.3 is 0 Å². The van der Waals surface area contributed by atoms with E-state index in [1.807, 2.05) is 0 Å². The molecule has 1 aromatic rings. The van der Waals surface area contributed by atoms with Crippen LogP contribution in [0.1, 0.15) is 18.8 Å². The summed E-state index contributed by atoms with van der Waals surface area (Å²) in [5.41, 5.74) is 0. The third kappa shape index (κ3) is 3.03. The summed E-state index contributed by atoms with van der Waals surface area (Å²) in [7, 11) is 1.56. The zero-order valence-corrected chi connectivity index (χ0v) is 9.17. The first-order chi connectivity index (χ1) is 7.69. The quantitative estimate of drug-likeness (QED) is 0.677. The van der Waals surface area contributed by atoms with Crippen molar-refractivity contribution in [1.82, 2.24) is 20.1 Å². The van der Waals surface area contributed by atoms with Crippen LogP contribution in [-0.4, -0.2) is 40.9 Å². The maximum atomic E-state index is 11.6. The predicted octanol–water partition coefficient (Wildman–Crippen LogP) is -0.527. The lowest BCUT2D eigenvalue weighted by Gasteiger charge is -2.11. The van der Waals surface area contributed by atoms with E-state index in [2.05, 4.69) is 15.4 Å². The summed E-state index contributed by atoms with van der Waals surface area (Å²) in [5, 5.41) is 15.0. The number of carbonyl (C=O) groups excluding carboxylic acids is 1. The minimum absolute atomic E-state index is 0.0524. The monoisotopic (exact) mass is 223 g/mol. The van der Waals surface area contributed by atoms with Crippen LogP contribution < -0.4 is 5.32 Å². The fraction of sp³-hybridized carbons (Fsp3) is 0.556.